The Bertz CT molecular complexity index is 409. The Hall–Kier alpha value is -0.770. The number of morpholine rings is 1. The number of halogens is 1. The molecule has 1 aliphatic heterocycles. The number of hydrogen-bond acceptors (Lipinski definition) is 3. The van der Waals surface area contributed by atoms with E-state index in [1.807, 2.05) is 24.3 Å². The van der Waals surface area contributed by atoms with Crippen molar-refractivity contribution < 1.29 is 9.47 Å². The van der Waals surface area contributed by atoms with Crippen LogP contribution in [0.15, 0.2) is 24.3 Å². The van der Waals surface area contributed by atoms with E-state index in [0.717, 1.165) is 45.0 Å². The Labute approximate surface area is 120 Å². The Kier molecular flexibility index (Phi) is 5.08. The monoisotopic (exact) mass is 283 g/mol. The smallest absolute Gasteiger partial charge is 0.120 e. The quantitative estimate of drug-likeness (QED) is 0.775. The molecule has 1 heterocycles. The van der Waals surface area contributed by atoms with E-state index in [9.17, 15) is 0 Å². The van der Waals surface area contributed by atoms with Gasteiger partial charge < -0.3 is 9.47 Å². The molecule has 1 aromatic rings. The highest BCUT2D eigenvalue weighted by Gasteiger charge is 2.26. The second kappa shape index (κ2) is 6.60. The lowest BCUT2D eigenvalue weighted by molar-refractivity contribution is -0.0864. The van der Waals surface area contributed by atoms with Gasteiger partial charge in [-0.25, -0.2) is 0 Å². The molecule has 1 fully saturated rings. The van der Waals surface area contributed by atoms with Crippen LogP contribution in [0.4, 0.5) is 0 Å². The molecule has 3 nitrogen and oxygen atoms in total. The zero-order chi connectivity index (χ0) is 13.7. The fraction of sp³-hybridized carbons (Fsp3) is 0.600. The third-order valence-electron chi connectivity index (χ3n) is 3.19. The number of hydrogen-bond donors (Lipinski definition) is 0. The summed E-state index contributed by atoms with van der Waals surface area (Å²) in [4.78, 5) is 2.44. The van der Waals surface area contributed by atoms with Gasteiger partial charge in [0.2, 0.25) is 0 Å². The van der Waals surface area contributed by atoms with Gasteiger partial charge in [-0.1, -0.05) is 17.7 Å². The predicted octanol–water partition coefficient (Wildman–Crippen LogP) is 3.22. The zero-order valence-corrected chi connectivity index (χ0v) is 12.4. The van der Waals surface area contributed by atoms with Gasteiger partial charge in [-0.3, -0.25) is 4.90 Å². The average Bonchev–Trinajstić information content (AvgIpc) is 2.34. The normalized spacial score (nSPS) is 19.3. The van der Waals surface area contributed by atoms with E-state index in [1.54, 1.807) is 0 Å². The molecule has 2 rings (SSSR count). The van der Waals surface area contributed by atoms with Crippen LogP contribution >= 0.6 is 11.6 Å². The molecule has 106 valence electrons. The van der Waals surface area contributed by atoms with E-state index >= 15 is 0 Å². The van der Waals surface area contributed by atoms with Gasteiger partial charge >= 0.3 is 0 Å². The van der Waals surface area contributed by atoms with E-state index in [4.69, 9.17) is 21.1 Å². The minimum Gasteiger partial charge on any atom is -0.493 e. The maximum atomic E-state index is 5.91. The molecule has 4 heteroatoms. The Morgan fingerprint density at radius 1 is 1.42 bits per heavy atom. The van der Waals surface area contributed by atoms with Crippen LogP contribution in [0.2, 0.25) is 5.02 Å². The molecule has 1 saturated heterocycles. The molecule has 0 atom stereocenters. The van der Waals surface area contributed by atoms with E-state index in [1.165, 1.54) is 0 Å². The van der Waals surface area contributed by atoms with Crippen molar-refractivity contribution in [2.75, 3.05) is 32.8 Å². The minimum absolute atomic E-state index is 0.0218. The second-order valence-corrected chi connectivity index (χ2v) is 5.98. The fourth-order valence-electron chi connectivity index (χ4n) is 2.34. The summed E-state index contributed by atoms with van der Waals surface area (Å²) in [6, 6.07) is 7.54. The van der Waals surface area contributed by atoms with Crippen molar-refractivity contribution in [1.82, 2.24) is 4.90 Å². The minimum atomic E-state index is -0.0218. The predicted molar refractivity (Wildman–Crippen MR) is 78.0 cm³/mol. The van der Waals surface area contributed by atoms with Crippen LogP contribution in [0.3, 0.4) is 0 Å². The molecule has 0 spiro atoms. The van der Waals surface area contributed by atoms with Gasteiger partial charge in [0.1, 0.15) is 5.75 Å². The van der Waals surface area contributed by atoms with Crippen molar-refractivity contribution >= 4 is 11.6 Å². The fourth-order valence-corrected chi connectivity index (χ4v) is 2.52. The van der Waals surface area contributed by atoms with Gasteiger partial charge in [0.25, 0.3) is 0 Å². The first-order valence-electron chi connectivity index (χ1n) is 6.80. The Morgan fingerprint density at radius 2 is 2.26 bits per heavy atom. The van der Waals surface area contributed by atoms with E-state index in [2.05, 4.69) is 18.7 Å². The average molecular weight is 284 g/mol. The summed E-state index contributed by atoms with van der Waals surface area (Å²) in [5, 5.41) is 0.715. The molecule has 0 bridgehead atoms. The SMILES string of the molecule is CC1(C)CN(CCCOc2cccc(Cl)c2)CCO1. The zero-order valence-electron chi connectivity index (χ0n) is 11.7. The molecule has 0 unspecified atom stereocenters. The van der Waals surface area contributed by atoms with Crippen LogP contribution in [-0.4, -0.2) is 43.3 Å². The van der Waals surface area contributed by atoms with Crippen LogP contribution in [-0.2, 0) is 4.74 Å². The Balaban J connectivity index is 1.67. The van der Waals surface area contributed by atoms with Gasteiger partial charge in [-0.2, -0.15) is 0 Å². The molecule has 0 amide bonds. The summed E-state index contributed by atoms with van der Waals surface area (Å²) >= 11 is 5.91. The van der Waals surface area contributed by atoms with Crippen LogP contribution in [0.1, 0.15) is 20.3 Å². The van der Waals surface area contributed by atoms with Crippen molar-refractivity contribution in [2.45, 2.75) is 25.9 Å². The molecular weight excluding hydrogens is 262 g/mol. The first-order valence-corrected chi connectivity index (χ1v) is 7.18. The molecule has 0 aliphatic carbocycles. The first kappa shape index (κ1) is 14.6. The van der Waals surface area contributed by atoms with Gasteiger partial charge in [0.15, 0.2) is 0 Å². The molecule has 1 aliphatic rings. The van der Waals surface area contributed by atoms with Crippen molar-refractivity contribution in [3.8, 4) is 5.75 Å². The van der Waals surface area contributed by atoms with E-state index in [-0.39, 0.29) is 5.60 Å². The molecule has 19 heavy (non-hydrogen) atoms. The van der Waals surface area contributed by atoms with Crippen molar-refractivity contribution in [3.63, 3.8) is 0 Å². The first-order chi connectivity index (χ1) is 9.05. The lowest BCUT2D eigenvalue weighted by Gasteiger charge is -2.38. The maximum Gasteiger partial charge on any atom is 0.120 e. The molecule has 0 N–H and O–H groups in total. The molecule has 0 saturated carbocycles. The Morgan fingerprint density at radius 3 is 3.00 bits per heavy atom. The number of ether oxygens (including phenoxy) is 2. The highest BCUT2D eigenvalue weighted by Crippen LogP contribution is 2.18. The summed E-state index contributed by atoms with van der Waals surface area (Å²) in [6.45, 7) is 8.88. The summed E-state index contributed by atoms with van der Waals surface area (Å²) in [5.41, 5.74) is -0.0218. The van der Waals surface area contributed by atoms with Gasteiger partial charge in [-0.05, 0) is 38.5 Å². The van der Waals surface area contributed by atoms with Crippen molar-refractivity contribution in [1.29, 1.82) is 0 Å². The third kappa shape index (κ3) is 5.01. The van der Waals surface area contributed by atoms with Gasteiger partial charge in [0.05, 0.1) is 18.8 Å². The third-order valence-corrected chi connectivity index (χ3v) is 3.42. The molecule has 1 aromatic carbocycles. The lowest BCUT2D eigenvalue weighted by Crippen LogP contribution is -2.48. The molecule has 0 radical (unpaired) electrons. The number of rotatable bonds is 5. The van der Waals surface area contributed by atoms with Crippen LogP contribution in [0, 0.1) is 0 Å². The van der Waals surface area contributed by atoms with Crippen molar-refractivity contribution in [2.24, 2.45) is 0 Å². The summed E-state index contributed by atoms with van der Waals surface area (Å²) < 4.78 is 11.4. The van der Waals surface area contributed by atoms with Crippen LogP contribution < -0.4 is 4.74 Å². The van der Waals surface area contributed by atoms with Gasteiger partial charge in [0, 0.05) is 24.7 Å². The number of nitrogens with zero attached hydrogens (tertiary/aromatic N) is 1. The summed E-state index contributed by atoms with van der Waals surface area (Å²) in [6.07, 6.45) is 1.02. The van der Waals surface area contributed by atoms with Crippen LogP contribution in [0.5, 0.6) is 5.75 Å². The van der Waals surface area contributed by atoms with Crippen LogP contribution in [0.25, 0.3) is 0 Å². The lowest BCUT2D eigenvalue weighted by atomic mass is 10.1. The van der Waals surface area contributed by atoms with E-state index in [0.29, 0.717) is 5.02 Å². The van der Waals surface area contributed by atoms with E-state index < -0.39 is 0 Å². The standard InChI is InChI=1S/C15H22ClNO2/c1-15(2)12-17(8-10-19-15)7-4-9-18-14-6-3-5-13(16)11-14/h3,5-6,11H,4,7-10,12H2,1-2H3. The molecular formula is C15H22ClNO2. The summed E-state index contributed by atoms with van der Waals surface area (Å²) in [7, 11) is 0. The topological polar surface area (TPSA) is 21.7 Å². The maximum absolute atomic E-state index is 5.91. The molecule has 0 aromatic heterocycles. The number of benzene rings is 1. The second-order valence-electron chi connectivity index (χ2n) is 5.54. The summed E-state index contributed by atoms with van der Waals surface area (Å²) in [5.74, 6) is 0.842. The van der Waals surface area contributed by atoms with Crippen molar-refractivity contribution in [3.05, 3.63) is 29.3 Å². The largest absolute Gasteiger partial charge is 0.493 e. The van der Waals surface area contributed by atoms with Gasteiger partial charge in [-0.15, -0.1) is 0 Å². The highest BCUT2D eigenvalue weighted by atomic mass is 35.5. The highest BCUT2D eigenvalue weighted by molar-refractivity contribution is 6.30.